The molecule has 2 rings (SSSR count). The van der Waals surface area contributed by atoms with Gasteiger partial charge in [0.1, 0.15) is 5.75 Å². The highest BCUT2D eigenvalue weighted by Gasteiger charge is 2.09. The van der Waals surface area contributed by atoms with Gasteiger partial charge in [-0.1, -0.05) is 12.1 Å². The number of benzene rings is 1. The predicted octanol–water partition coefficient (Wildman–Crippen LogP) is 3.11. The van der Waals surface area contributed by atoms with Gasteiger partial charge in [0.25, 0.3) is 0 Å². The van der Waals surface area contributed by atoms with Crippen LogP contribution >= 0.6 is 11.8 Å². The molecule has 1 aromatic carbocycles. The second kappa shape index (κ2) is 6.61. The number of thioether (sulfide) groups is 1. The van der Waals surface area contributed by atoms with Crippen molar-refractivity contribution in [3.8, 4) is 5.75 Å². The van der Waals surface area contributed by atoms with Crippen molar-refractivity contribution in [1.29, 1.82) is 0 Å². The first kappa shape index (κ1) is 13.2. The first-order valence-electron chi connectivity index (χ1n) is 6.02. The van der Waals surface area contributed by atoms with Gasteiger partial charge in [0.2, 0.25) is 0 Å². The van der Waals surface area contributed by atoms with Crippen LogP contribution < -0.4 is 4.74 Å². The van der Waals surface area contributed by atoms with Crippen LogP contribution in [0.1, 0.15) is 12.8 Å². The highest BCUT2D eigenvalue weighted by molar-refractivity contribution is 7.98. The van der Waals surface area contributed by atoms with Crippen LogP contribution in [0, 0.1) is 0 Å². The zero-order chi connectivity index (χ0) is 12.8. The van der Waals surface area contributed by atoms with E-state index in [1.165, 1.54) is 0 Å². The van der Waals surface area contributed by atoms with Gasteiger partial charge < -0.3 is 9.84 Å². The summed E-state index contributed by atoms with van der Waals surface area (Å²) in [5.74, 6) is 0.908. The van der Waals surface area contributed by atoms with Gasteiger partial charge in [0.15, 0.2) is 0 Å². The lowest BCUT2D eigenvalue weighted by Gasteiger charge is -2.12. The molecular weight excluding hydrogens is 246 g/mol. The van der Waals surface area contributed by atoms with Crippen LogP contribution in [-0.4, -0.2) is 29.6 Å². The van der Waals surface area contributed by atoms with E-state index in [1.807, 2.05) is 36.7 Å². The molecule has 0 aliphatic rings. The van der Waals surface area contributed by atoms with E-state index in [0.717, 1.165) is 34.4 Å². The molecule has 0 saturated carbocycles. The largest absolute Gasteiger partial charge is 0.492 e. The van der Waals surface area contributed by atoms with Crippen LogP contribution in [-0.2, 0) is 0 Å². The predicted molar refractivity (Wildman–Crippen MR) is 75.3 cm³/mol. The fourth-order valence-electron chi connectivity index (χ4n) is 1.78. The van der Waals surface area contributed by atoms with E-state index in [2.05, 4.69) is 4.98 Å². The summed E-state index contributed by atoms with van der Waals surface area (Å²) in [6.45, 7) is 0.845. The maximum atomic E-state index is 8.77. The van der Waals surface area contributed by atoms with Gasteiger partial charge in [0.05, 0.1) is 17.0 Å². The molecule has 0 spiro atoms. The van der Waals surface area contributed by atoms with Crippen LogP contribution in [0.4, 0.5) is 0 Å². The van der Waals surface area contributed by atoms with E-state index in [4.69, 9.17) is 9.84 Å². The molecule has 96 valence electrons. The van der Waals surface area contributed by atoms with Crippen LogP contribution in [0.25, 0.3) is 10.9 Å². The second-order valence-electron chi connectivity index (χ2n) is 3.95. The quantitative estimate of drug-likeness (QED) is 0.642. The van der Waals surface area contributed by atoms with Gasteiger partial charge in [0, 0.05) is 18.2 Å². The van der Waals surface area contributed by atoms with E-state index in [-0.39, 0.29) is 6.61 Å². The van der Waals surface area contributed by atoms with Crippen molar-refractivity contribution in [3.05, 3.63) is 30.5 Å². The van der Waals surface area contributed by atoms with E-state index < -0.39 is 0 Å². The zero-order valence-corrected chi connectivity index (χ0v) is 11.2. The Morgan fingerprint density at radius 2 is 2.11 bits per heavy atom. The highest BCUT2D eigenvalue weighted by atomic mass is 32.2. The number of fused-ring (bicyclic) bond motifs is 1. The normalized spacial score (nSPS) is 10.8. The number of aliphatic hydroxyl groups excluding tert-OH is 1. The Hall–Kier alpha value is -1.26. The summed E-state index contributed by atoms with van der Waals surface area (Å²) in [6.07, 6.45) is 5.51. The summed E-state index contributed by atoms with van der Waals surface area (Å²) in [5, 5.41) is 9.82. The summed E-state index contributed by atoms with van der Waals surface area (Å²) < 4.78 is 5.87. The van der Waals surface area contributed by atoms with Gasteiger partial charge in [-0.25, -0.2) is 0 Å². The summed E-state index contributed by atoms with van der Waals surface area (Å²) in [5.41, 5.74) is 0.951. The van der Waals surface area contributed by atoms with Gasteiger partial charge in [-0.3, -0.25) is 4.98 Å². The molecule has 1 aromatic heterocycles. The molecule has 0 unspecified atom stereocenters. The van der Waals surface area contributed by atoms with Crippen molar-refractivity contribution in [1.82, 2.24) is 4.98 Å². The second-order valence-corrected chi connectivity index (χ2v) is 4.80. The van der Waals surface area contributed by atoms with E-state index in [1.54, 1.807) is 11.8 Å². The van der Waals surface area contributed by atoms with Crippen LogP contribution in [0.2, 0.25) is 0 Å². The fourth-order valence-corrected chi connectivity index (χ4v) is 2.29. The first-order valence-corrected chi connectivity index (χ1v) is 7.24. The number of para-hydroxylation sites is 1. The summed E-state index contributed by atoms with van der Waals surface area (Å²) >= 11 is 1.64. The van der Waals surface area contributed by atoms with E-state index in [0.29, 0.717) is 6.61 Å². The molecule has 0 bridgehead atoms. The molecule has 18 heavy (non-hydrogen) atoms. The maximum absolute atomic E-state index is 8.77. The first-order chi connectivity index (χ1) is 8.86. The van der Waals surface area contributed by atoms with Crippen molar-refractivity contribution in [2.75, 3.05) is 19.5 Å². The average Bonchev–Trinajstić information content (AvgIpc) is 2.43. The van der Waals surface area contributed by atoms with Crippen LogP contribution in [0.3, 0.4) is 0 Å². The van der Waals surface area contributed by atoms with Gasteiger partial charge in [-0.05, 0) is 31.2 Å². The number of hydrogen-bond donors (Lipinski definition) is 1. The monoisotopic (exact) mass is 263 g/mol. The molecule has 0 amide bonds. The molecule has 1 heterocycles. The molecule has 0 fully saturated rings. The van der Waals surface area contributed by atoms with Crippen molar-refractivity contribution >= 4 is 22.7 Å². The van der Waals surface area contributed by atoms with Crippen LogP contribution in [0.5, 0.6) is 5.75 Å². The maximum Gasteiger partial charge on any atom is 0.143 e. The van der Waals surface area contributed by atoms with Gasteiger partial charge in [-0.2, -0.15) is 0 Å². The van der Waals surface area contributed by atoms with Crippen molar-refractivity contribution < 1.29 is 9.84 Å². The molecule has 0 aliphatic carbocycles. The fraction of sp³-hybridized carbons (Fsp3) is 0.357. The third-order valence-corrected chi connectivity index (χ3v) is 3.44. The third-order valence-electron chi connectivity index (χ3n) is 2.71. The van der Waals surface area contributed by atoms with Gasteiger partial charge in [-0.15, -0.1) is 11.8 Å². The number of nitrogens with zero attached hydrogens (tertiary/aromatic N) is 1. The molecular formula is C14H17NO2S. The average molecular weight is 263 g/mol. The Balaban J connectivity index is 2.27. The standard InChI is InChI=1S/C14H17NO2S/c1-18-13-10-15-12-7-3-2-6-11(12)14(13)17-9-5-4-8-16/h2-3,6-7,10,16H,4-5,8-9H2,1H3. The minimum Gasteiger partial charge on any atom is -0.492 e. The highest BCUT2D eigenvalue weighted by Crippen LogP contribution is 2.33. The number of unbranched alkanes of at least 4 members (excludes halogenated alkanes) is 1. The number of aliphatic hydroxyl groups is 1. The SMILES string of the molecule is CSc1cnc2ccccc2c1OCCCCO. The minimum absolute atomic E-state index is 0.218. The molecule has 3 nitrogen and oxygen atoms in total. The molecule has 0 atom stereocenters. The van der Waals surface area contributed by atoms with Crippen molar-refractivity contribution in [3.63, 3.8) is 0 Å². The smallest absolute Gasteiger partial charge is 0.143 e. The molecule has 0 radical (unpaired) electrons. The number of ether oxygens (including phenoxy) is 1. The van der Waals surface area contributed by atoms with Crippen molar-refractivity contribution in [2.45, 2.75) is 17.7 Å². The Bertz CT molecular complexity index is 516. The van der Waals surface area contributed by atoms with E-state index >= 15 is 0 Å². The Labute approximate surface area is 111 Å². The number of aromatic nitrogens is 1. The topological polar surface area (TPSA) is 42.4 Å². The lowest BCUT2D eigenvalue weighted by atomic mass is 10.2. The zero-order valence-electron chi connectivity index (χ0n) is 10.4. The third kappa shape index (κ3) is 2.94. The lowest BCUT2D eigenvalue weighted by Crippen LogP contribution is -2.01. The lowest BCUT2D eigenvalue weighted by molar-refractivity contribution is 0.252. The Morgan fingerprint density at radius 3 is 2.89 bits per heavy atom. The number of pyridine rings is 1. The Morgan fingerprint density at radius 1 is 1.28 bits per heavy atom. The van der Waals surface area contributed by atoms with Crippen LogP contribution in [0.15, 0.2) is 35.4 Å². The molecule has 4 heteroatoms. The summed E-state index contributed by atoms with van der Waals surface area (Å²) in [6, 6.07) is 7.99. The molecule has 2 aromatic rings. The Kier molecular flexibility index (Phi) is 4.84. The summed E-state index contributed by atoms with van der Waals surface area (Å²) in [4.78, 5) is 5.47. The molecule has 0 saturated heterocycles. The molecule has 1 N–H and O–H groups in total. The number of rotatable bonds is 6. The minimum atomic E-state index is 0.218. The number of hydrogen-bond acceptors (Lipinski definition) is 4. The van der Waals surface area contributed by atoms with Gasteiger partial charge >= 0.3 is 0 Å². The van der Waals surface area contributed by atoms with E-state index in [9.17, 15) is 0 Å². The van der Waals surface area contributed by atoms with Crippen molar-refractivity contribution in [2.24, 2.45) is 0 Å². The molecule has 0 aliphatic heterocycles. The summed E-state index contributed by atoms with van der Waals surface area (Å²) in [7, 11) is 0.